The number of aliphatic hydroxyl groups excluding tert-OH is 1. The van der Waals surface area contributed by atoms with E-state index in [1.165, 1.54) is 128 Å². The average molecular weight is 781 g/mol. The minimum Gasteiger partial charge on any atom is -0.457 e. The zero-order valence-electron chi connectivity index (χ0n) is 37.1. The molecule has 324 valence electrons. The third-order valence-electron chi connectivity index (χ3n) is 10.3. The molecule has 0 rings (SSSR count). The van der Waals surface area contributed by atoms with Gasteiger partial charge in [0, 0.05) is 13.0 Å². The molecule has 0 spiro atoms. The molecule has 0 aromatic carbocycles. The van der Waals surface area contributed by atoms with Crippen LogP contribution in [0.15, 0.2) is 72.9 Å². The van der Waals surface area contributed by atoms with E-state index in [1.807, 2.05) is 0 Å². The van der Waals surface area contributed by atoms with Gasteiger partial charge < -0.3 is 14.6 Å². The van der Waals surface area contributed by atoms with Gasteiger partial charge in [0.25, 0.3) is 0 Å². The fourth-order valence-electron chi connectivity index (χ4n) is 6.74. The molecule has 0 aliphatic carbocycles. The van der Waals surface area contributed by atoms with E-state index in [2.05, 4.69) is 86.8 Å². The first-order valence-corrected chi connectivity index (χ1v) is 24.0. The number of carbonyl (C=O) groups excluding carboxylic acids is 1. The highest BCUT2D eigenvalue weighted by Crippen LogP contribution is 2.15. The Morgan fingerprint density at radius 2 is 0.804 bits per heavy atom. The van der Waals surface area contributed by atoms with Gasteiger partial charge in [0.15, 0.2) is 0 Å². The quantitative estimate of drug-likeness (QED) is 0.0380. The van der Waals surface area contributed by atoms with Gasteiger partial charge in [-0.25, -0.2) is 0 Å². The lowest BCUT2D eigenvalue weighted by Gasteiger charge is -2.15. The maximum Gasteiger partial charge on any atom is 0.306 e. The smallest absolute Gasteiger partial charge is 0.306 e. The lowest BCUT2D eigenvalue weighted by atomic mass is 10.0. The van der Waals surface area contributed by atoms with Crippen molar-refractivity contribution >= 4 is 5.97 Å². The Labute approximate surface area is 348 Å². The molecule has 0 saturated carbocycles. The zero-order chi connectivity index (χ0) is 40.5. The van der Waals surface area contributed by atoms with Crippen molar-refractivity contribution < 1.29 is 19.4 Å². The second-order valence-corrected chi connectivity index (χ2v) is 15.8. The fraction of sp³-hybridized carbons (Fsp3) is 0.750. The predicted octanol–water partition coefficient (Wildman–Crippen LogP) is 16.2. The molecule has 0 aromatic rings. The van der Waals surface area contributed by atoms with Crippen LogP contribution >= 0.6 is 0 Å². The van der Waals surface area contributed by atoms with Gasteiger partial charge in [-0.15, -0.1) is 0 Å². The number of aliphatic hydroxyl groups is 1. The molecule has 0 aliphatic heterocycles. The molecule has 0 aliphatic rings. The van der Waals surface area contributed by atoms with Gasteiger partial charge in [-0.3, -0.25) is 4.79 Å². The SMILES string of the molecule is CC/C=C\C/C=C\C/C=C\C/C=C\C/C=C\C/C=C\CCCCCCC(=O)OC(CO)COCCCCCCCCCCCCCCCCCCCCCCC. The number of allylic oxidation sites excluding steroid dienone is 12. The van der Waals surface area contributed by atoms with Gasteiger partial charge >= 0.3 is 5.97 Å². The number of rotatable bonds is 44. The molecule has 0 bridgehead atoms. The minimum absolute atomic E-state index is 0.184. The van der Waals surface area contributed by atoms with Gasteiger partial charge in [-0.2, -0.15) is 0 Å². The van der Waals surface area contributed by atoms with Crippen LogP contribution in [-0.4, -0.2) is 37.0 Å². The number of hydrogen-bond acceptors (Lipinski definition) is 4. The van der Waals surface area contributed by atoms with E-state index >= 15 is 0 Å². The molecule has 4 nitrogen and oxygen atoms in total. The number of unbranched alkanes of at least 4 members (excludes halogenated alkanes) is 24. The highest BCUT2D eigenvalue weighted by Gasteiger charge is 2.13. The summed E-state index contributed by atoms with van der Waals surface area (Å²) in [5.74, 6) is -0.223. The molecule has 56 heavy (non-hydrogen) atoms. The van der Waals surface area contributed by atoms with Crippen molar-refractivity contribution in [1.82, 2.24) is 0 Å². The standard InChI is InChI=1S/C52H92O4/c1-3-5-7-9-11-13-15-17-19-21-23-25-26-27-29-31-33-35-37-39-41-43-45-47-52(54)56-51(49-53)50-55-48-46-44-42-40-38-36-34-32-30-28-24-22-20-18-16-14-12-10-8-6-4-2/h5,7,11,13,17,19,23,25,27,29,33,35,51,53H,3-4,6,8-10,12,14-16,18,20-22,24,26,28,30-32,34,36-50H2,1-2H3/b7-5-,13-11-,19-17-,25-23-,29-27-,35-33-. The van der Waals surface area contributed by atoms with E-state index in [4.69, 9.17) is 9.47 Å². The summed E-state index contributed by atoms with van der Waals surface area (Å²) in [4.78, 5) is 12.2. The minimum atomic E-state index is -0.550. The second-order valence-electron chi connectivity index (χ2n) is 15.8. The second kappa shape index (κ2) is 49.0. The normalized spacial score (nSPS) is 13.0. The first-order chi connectivity index (χ1) is 27.7. The Balaban J connectivity index is 3.48. The number of carbonyl (C=O) groups is 1. The topological polar surface area (TPSA) is 55.8 Å². The van der Waals surface area contributed by atoms with E-state index in [0.29, 0.717) is 13.0 Å². The van der Waals surface area contributed by atoms with Gasteiger partial charge in [0.1, 0.15) is 6.10 Å². The Morgan fingerprint density at radius 3 is 1.21 bits per heavy atom. The fourth-order valence-corrected chi connectivity index (χ4v) is 6.74. The van der Waals surface area contributed by atoms with Crippen LogP contribution < -0.4 is 0 Å². The summed E-state index contributed by atoms with van der Waals surface area (Å²) >= 11 is 0. The van der Waals surface area contributed by atoms with E-state index in [1.54, 1.807) is 0 Å². The van der Waals surface area contributed by atoms with Crippen LogP contribution in [0.4, 0.5) is 0 Å². The van der Waals surface area contributed by atoms with Crippen LogP contribution in [0.5, 0.6) is 0 Å². The van der Waals surface area contributed by atoms with Crippen molar-refractivity contribution in [3.8, 4) is 0 Å². The van der Waals surface area contributed by atoms with Gasteiger partial charge in [-0.1, -0.05) is 228 Å². The molecular formula is C52H92O4. The zero-order valence-corrected chi connectivity index (χ0v) is 37.1. The van der Waals surface area contributed by atoms with E-state index in [9.17, 15) is 9.90 Å². The number of ether oxygens (including phenoxy) is 2. The summed E-state index contributed by atoms with van der Waals surface area (Å²) in [7, 11) is 0. The van der Waals surface area contributed by atoms with Crippen LogP contribution in [-0.2, 0) is 14.3 Å². The monoisotopic (exact) mass is 781 g/mol. The number of esters is 1. The molecule has 1 unspecified atom stereocenters. The average Bonchev–Trinajstić information content (AvgIpc) is 3.20. The molecule has 0 radical (unpaired) electrons. The molecule has 0 aromatic heterocycles. The molecule has 0 heterocycles. The summed E-state index contributed by atoms with van der Waals surface area (Å²) < 4.78 is 11.2. The van der Waals surface area contributed by atoms with Crippen molar-refractivity contribution in [2.45, 2.75) is 232 Å². The van der Waals surface area contributed by atoms with Gasteiger partial charge in [-0.05, 0) is 64.2 Å². The van der Waals surface area contributed by atoms with Gasteiger partial charge in [0.2, 0.25) is 0 Å². The highest BCUT2D eigenvalue weighted by molar-refractivity contribution is 5.69. The van der Waals surface area contributed by atoms with E-state index in [0.717, 1.165) is 77.0 Å². The maximum absolute atomic E-state index is 12.2. The summed E-state index contributed by atoms with van der Waals surface area (Å²) in [5.41, 5.74) is 0. The summed E-state index contributed by atoms with van der Waals surface area (Å²) in [6, 6.07) is 0. The summed E-state index contributed by atoms with van der Waals surface area (Å²) in [5, 5.41) is 9.63. The molecule has 0 amide bonds. The largest absolute Gasteiger partial charge is 0.457 e. The van der Waals surface area contributed by atoms with Crippen LogP contribution in [0.2, 0.25) is 0 Å². The van der Waals surface area contributed by atoms with Crippen LogP contribution in [0.3, 0.4) is 0 Å². The molecule has 1 atom stereocenters. The van der Waals surface area contributed by atoms with Crippen LogP contribution in [0.1, 0.15) is 226 Å². The number of hydrogen-bond donors (Lipinski definition) is 1. The third kappa shape index (κ3) is 46.2. The first-order valence-electron chi connectivity index (χ1n) is 24.0. The summed E-state index contributed by atoms with van der Waals surface area (Å²) in [6.45, 7) is 5.23. The lowest BCUT2D eigenvalue weighted by Crippen LogP contribution is -2.27. The lowest BCUT2D eigenvalue weighted by molar-refractivity contribution is -0.154. The van der Waals surface area contributed by atoms with Crippen LogP contribution in [0, 0.1) is 0 Å². The van der Waals surface area contributed by atoms with Crippen molar-refractivity contribution in [1.29, 1.82) is 0 Å². The Morgan fingerprint density at radius 1 is 0.446 bits per heavy atom. The van der Waals surface area contributed by atoms with Gasteiger partial charge in [0.05, 0.1) is 13.2 Å². The first kappa shape index (κ1) is 53.8. The van der Waals surface area contributed by atoms with Crippen molar-refractivity contribution in [2.75, 3.05) is 19.8 Å². The molecule has 1 N–H and O–H groups in total. The predicted molar refractivity (Wildman–Crippen MR) is 246 cm³/mol. The van der Waals surface area contributed by atoms with E-state index in [-0.39, 0.29) is 19.2 Å². The Hall–Kier alpha value is -2.17. The molecule has 0 fully saturated rings. The Bertz CT molecular complexity index is 958. The van der Waals surface area contributed by atoms with E-state index < -0.39 is 6.10 Å². The third-order valence-corrected chi connectivity index (χ3v) is 10.3. The Kier molecular flexibility index (Phi) is 47.1. The van der Waals surface area contributed by atoms with Crippen molar-refractivity contribution in [2.24, 2.45) is 0 Å². The highest BCUT2D eigenvalue weighted by atomic mass is 16.6. The van der Waals surface area contributed by atoms with Crippen molar-refractivity contribution in [3.63, 3.8) is 0 Å². The molecule has 4 heteroatoms. The molecular weight excluding hydrogens is 689 g/mol. The molecule has 0 saturated heterocycles. The maximum atomic E-state index is 12.2. The van der Waals surface area contributed by atoms with Crippen molar-refractivity contribution in [3.05, 3.63) is 72.9 Å². The summed E-state index contributed by atoms with van der Waals surface area (Å²) in [6.07, 6.45) is 66.9. The van der Waals surface area contributed by atoms with Crippen LogP contribution in [0.25, 0.3) is 0 Å².